The largest absolute Gasteiger partial charge is 0.490 e. The van der Waals surface area contributed by atoms with Crippen LogP contribution in [0.25, 0.3) is 11.6 Å². The molecule has 0 saturated carbocycles. The number of aromatic nitrogens is 3. The van der Waals surface area contributed by atoms with Gasteiger partial charge in [-0.15, -0.1) is 29.1 Å². The zero-order valence-electron chi connectivity index (χ0n) is 18.8. The van der Waals surface area contributed by atoms with Gasteiger partial charge in [0.05, 0.1) is 25.5 Å². The number of halogens is 1. The molecule has 0 radical (unpaired) electrons. The highest BCUT2D eigenvalue weighted by molar-refractivity contribution is 14.0. The van der Waals surface area contributed by atoms with Crippen LogP contribution in [0.3, 0.4) is 0 Å². The smallest absolute Gasteiger partial charge is 0.216 e. The summed E-state index contributed by atoms with van der Waals surface area (Å²) in [6.07, 6.45) is 1.59. The zero-order chi connectivity index (χ0) is 22.1. The Bertz CT molecular complexity index is 974. The van der Waals surface area contributed by atoms with Crippen LogP contribution in [-0.2, 0) is 6.54 Å². The molecule has 3 aromatic rings. The number of ether oxygens (including phenoxy) is 2. The predicted octanol–water partition coefficient (Wildman–Crippen LogP) is 4.30. The Labute approximate surface area is 205 Å². The third kappa shape index (κ3) is 6.87. The lowest BCUT2D eigenvalue weighted by Crippen LogP contribution is -2.38. The van der Waals surface area contributed by atoms with Crippen LogP contribution >= 0.6 is 24.0 Å². The Kier molecular flexibility index (Phi) is 10.3. The first-order chi connectivity index (χ1) is 15.1. The molecule has 0 aliphatic heterocycles. The van der Waals surface area contributed by atoms with Gasteiger partial charge in [0.15, 0.2) is 23.2 Å². The maximum atomic E-state index is 5.75. The molecule has 2 heterocycles. The van der Waals surface area contributed by atoms with Crippen molar-refractivity contribution in [3.05, 3.63) is 48.0 Å². The molecule has 0 fully saturated rings. The average Bonchev–Trinajstić information content (AvgIpc) is 3.45. The Hall–Kier alpha value is -2.76. The molecule has 0 bridgehead atoms. The van der Waals surface area contributed by atoms with Crippen LogP contribution in [0.1, 0.15) is 45.1 Å². The van der Waals surface area contributed by atoms with E-state index in [2.05, 4.69) is 37.7 Å². The van der Waals surface area contributed by atoms with Crippen LogP contribution in [-0.4, -0.2) is 40.9 Å². The average molecular weight is 554 g/mol. The molecule has 9 nitrogen and oxygen atoms in total. The fraction of sp³-hybridized carbons (Fsp3) is 0.409. The van der Waals surface area contributed by atoms with Crippen LogP contribution in [0.4, 0.5) is 0 Å². The van der Waals surface area contributed by atoms with Gasteiger partial charge in [0.25, 0.3) is 0 Å². The first-order valence-corrected chi connectivity index (χ1v) is 10.5. The molecule has 1 aromatic carbocycles. The number of benzene rings is 1. The molecule has 0 amide bonds. The number of nitrogens with zero attached hydrogens (tertiary/aromatic N) is 3. The number of nitrogens with one attached hydrogen (secondary N) is 3. The number of hydrogen-bond donors (Lipinski definition) is 3. The van der Waals surface area contributed by atoms with E-state index in [4.69, 9.17) is 13.9 Å². The Morgan fingerprint density at radius 1 is 1.16 bits per heavy atom. The lowest BCUT2D eigenvalue weighted by Gasteiger charge is -2.20. The molecular formula is C22H31IN6O3. The molecule has 10 heteroatoms. The summed E-state index contributed by atoms with van der Waals surface area (Å²) in [7, 11) is 0. The van der Waals surface area contributed by atoms with Gasteiger partial charge in [-0.05, 0) is 57.5 Å². The van der Waals surface area contributed by atoms with Crippen LogP contribution in [0.5, 0.6) is 11.5 Å². The van der Waals surface area contributed by atoms with E-state index in [1.165, 1.54) is 0 Å². The van der Waals surface area contributed by atoms with Crippen molar-refractivity contribution in [1.82, 2.24) is 25.8 Å². The lowest BCUT2D eigenvalue weighted by molar-refractivity contribution is 0.287. The molecule has 2 aromatic heterocycles. The number of hydrogen-bond acceptors (Lipinski definition) is 6. The molecular weight excluding hydrogens is 523 g/mol. The second-order valence-corrected chi connectivity index (χ2v) is 6.72. The summed E-state index contributed by atoms with van der Waals surface area (Å²) in [4.78, 5) is 9.05. The first-order valence-electron chi connectivity index (χ1n) is 10.5. The lowest BCUT2D eigenvalue weighted by atomic mass is 10.1. The highest BCUT2D eigenvalue weighted by Crippen LogP contribution is 2.30. The Morgan fingerprint density at radius 2 is 1.94 bits per heavy atom. The maximum Gasteiger partial charge on any atom is 0.216 e. The van der Waals surface area contributed by atoms with Crippen molar-refractivity contribution in [2.75, 3.05) is 19.8 Å². The highest BCUT2D eigenvalue weighted by atomic mass is 127. The predicted molar refractivity (Wildman–Crippen MR) is 135 cm³/mol. The van der Waals surface area contributed by atoms with Crippen molar-refractivity contribution in [3.63, 3.8) is 0 Å². The third-order valence-corrected chi connectivity index (χ3v) is 4.43. The maximum absolute atomic E-state index is 5.75. The topological polar surface area (TPSA) is 110 Å². The minimum absolute atomic E-state index is 0. The van der Waals surface area contributed by atoms with Gasteiger partial charge >= 0.3 is 0 Å². The van der Waals surface area contributed by atoms with Gasteiger partial charge in [0.2, 0.25) is 5.82 Å². The van der Waals surface area contributed by atoms with Crippen LogP contribution in [0.15, 0.2) is 46.0 Å². The van der Waals surface area contributed by atoms with Gasteiger partial charge in [0.1, 0.15) is 12.4 Å². The van der Waals surface area contributed by atoms with Crippen LogP contribution in [0.2, 0.25) is 0 Å². The summed E-state index contributed by atoms with van der Waals surface area (Å²) in [5, 5.41) is 13.8. The molecule has 0 spiro atoms. The van der Waals surface area contributed by atoms with E-state index in [0.29, 0.717) is 43.1 Å². The quantitative estimate of drug-likeness (QED) is 0.195. The molecule has 174 valence electrons. The SMILES string of the molecule is CCNC(=NCc1nc(-c2ccco2)n[nH]1)NC(C)c1ccc(OCC)c(OCC)c1.I. The van der Waals surface area contributed by atoms with E-state index in [1.807, 2.05) is 45.0 Å². The van der Waals surface area contributed by atoms with Crippen LogP contribution in [0, 0.1) is 0 Å². The number of rotatable bonds is 10. The number of H-pyrrole nitrogens is 1. The Morgan fingerprint density at radius 3 is 2.62 bits per heavy atom. The fourth-order valence-electron chi connectivity index (χ4n) is 2.98. The van der Waals surface area contributed by atoms with Gasteiger partial charge in [-0.1, -0.05) is 6.07 Å². The molecule has 0 saturated heterocycles. The van der Waals surface area contributed by atoms with E-state index in [1.54, 1.807) is 12.3 Å². The molecule has 1 unspecified atom stereocenters. The highest BCUT2D eigenvalue weighted by Gasteiger charge is 2.13. The van der Waals surface area contributed by atoms with E-state index in [0.717, 1.165) is 23.6 Å². The van der Waals surface area contributed by atoms with Gasteiger partial charge in [0, 0.05) is 6.54 Å². The molecule has 3 N–H and O–H groups in total. The van der Waals surface area contributed by atoms with Crippen molar-refractivity contribution in [1.29, 1.82) is 0 Å². The summed E-state index contributed by atoms with van der Waals surface area (Å²) in [6, 6.07) is 9.59. The van der Waals surface area contributed by atoms with E-state index >= 15 is 0 Å². The van der Waals surface area contributed by atoms with Crippen molar-refractivity contribution < 1.29 is 13.9 Å². The summed E-state index contributed by atoms with van der Waals surface area (Å²) in [5.41, 5.74) is 1.07. The number of aliphatic imine (C=N–C) groups is 1. The van der Waals surface area contributed by atoms with Crippen molar-refractivity contribution in [2.24, 2.45) is 4.99 Å². The summed E-state index contributed by atoms with van der Waals surface area (Å²) >= 11 is 0. The number of guanidine groups is 1. The molecule has 0 aliphatic carbocycles. The van der Waals surface area contributed by atoms with Crippen molar-refractivity contribution in [3.8, 4) is 23.1 Å². The third-order valence-electron chi connectivity index (χ3n) is 4.43. The van der Waals surface area contributed by atoms with Crippen molar-refractivity contribution >= 4 is 29.9 Å². The molecule has 32 heavy (non-hydrogen) atoms. The first kappa shape index (κ1) is 25.5. The second kappa shape index (κ2) is 12.9. The number of furan rings is 1. The van der Waals surface area contributed by atoms with E-state index < -0.39 is 0 Å². The van der Waals surface area contributed by atoms with Crippen LogP contribution < -0.4 is 20.1 Å². The van der Waals surface area contributed by atoms with Gasteiger partial charge in [-0.25, -0.2) is 9.98 Å². The minimum Gasteiger partial charge on any atom is -0.490 e. The minimum atomic E-state index is 0. The van der Waals surface area contributed by atoms with E-state index in [9.17, 15) is 0 Å². The van der Waals surface area contributed by atoms with Gasteiger partial charge in [-0.3, -0.25) is 5.10 Å². The standard InChI is InChI=1S/C22H30N6O3.HI/c1-5-23-22(24-14-20-26-21(28-27-20)18-9-8-12-31-18)25-15(4)16-10-11-17(29-6-2)19(13-16)30-7-3;/h8-13,15H,5-7,14H2,1-4H3,(H2,23,24,25)(H,26,27,28);1H. The zero-order valence-corrected chi connectivity index (χ0v) is 21.2. The summed E-state index contributed by atoms with van der Waals surface area (Å²) in [5.74, 6) is 3.95. The van der Waals surface area contributed by atoms with Gasteiger partial charge in [-0.2, -0.15) is 0 Å². The molecule has 0 aliphatic rings. The Balaban J connectivity index is 0.00000363. The second-order valence-electron chi connectivity index (χ2n) is 6.72. The summed E-state index contributed by atoms with van der Waals surface area (Å²) in [6.45, 7) is 10.3. The molecule has 3 rings (SSSR count). The normalized spacial score (nSPS) is 12.1. The van der Waals surface area contributed by atoms with Gasteiger partial charge < -0.3 is 24.5 Å². The van der Waals surface area contributed by atoms with Crippen molar-refractivity contribution in [2.45, 2.75) is 40.3 Å². The monoisotopic (exact) mass is 554 g/mol. The molecule has 1 atom stereocenters. The fourth-order valence-corrected chi connectivity index (χ4v) is 2.98. The van der Waals surface area contributed by atoms with E-state index in [-0.39, 0.29) is 30.0 Å². The number of aromatic amines is 1. The summed E-state index contributed by atoms with van der Waals surface area (Å²) < 4.78 is 16.7.